The van der Waals surface area contributed by atoms with Crippen LogP contribution in [0.4, 0.5) is 0 Å². The van der Waals surface area contributed by atoms with Crippen LogP contribution in [0.3, 0.4) is 0 Å². The fraction of sp³-hybridized carbons (Fsp3) is 0.833. The molecule has 0 N–H and O–H groups in total. The lowest BCUT2D eigenvalue weighted by molar-refractivity contribution is 0.334. The van der Waals surface area contributed by atoms with Crippen molar-refractivity contribution in [2.24, 2.45) is 0 Å². The van der Waals surface area contributed by atoms with Crippen LogP contribution in [0.5, 0.6) is 0 Å². The van der Waals surface area contributed by atoms with E-state index in [2.05, 4.69) is 6.07 Å². The van der Waals surface area contributed by atoms with Gasteiger partial charge in [-0.3, -0.25) is 0 Å². The van der Waals surface area contributed by atoms with E-state index in [0.717, 1.165) is 6.42 Å². The van der Waals surface area contributed by atoms with Crippen molar-refractivity contribution < 1.29 is 4.74 Å². The molecule has 0 bridgehead atoms. The van der Waals surface area contributed by atoms with Crippen LogP contribution in [0, 0.1) is 11.3 Å². The van der Waals surface area contributed by atoms with E-state index in [1.807, 2.05) is 13.8 Å². The molecule has 1 aliphatic heterocycles. The average Bonchev–Trinajstić information content (AvgIpc) is 2.43. The van der Waals surface area contributed by atoms with Gasteiger partial charge in [0.05, 0.1) is 6.10 Å². The first-order valence-corrected chi connectivity index (χ1v) is 2.84. The minimum absolute atomic E-state index is 0.164. The summed E-state index contributed by atoms with van der Waals surface area (Å²) in [6.45, 7) is 3.89. The molecule has 8 heavy (non-hydrogen) atoms. The van der Waals surface area contributed by atoms with Crippen LogP contribution in [-0.2, 0) is 4.74 Å². The predicted octanol–water partition coefficient (Wildman–Crippen LogP) is 1.08. The normalized spacial score (nSPS) is 43.4. The zero-order valence-corrected chi connectivity index (χ0v) is 5.14. The van der Waals surface area contributed by atoms with Gasteiger partial charge in [0.25, 0.3) is 0 Å². The van der Waals surface area contributed by atoms with Crippen LogP contribution >= 0.6 is 0 Å². The second-order valence-electron chi connectivity index (χ2n) is 2.11. The lowest BCUT2D eigenvalue weighted by Crippen LogP contribution is -2.07. The third-order valence-electron chi connectivity index (χ3n) is 1.70. The van der Waals surface area contributed by atoms with Gasteiger partial charge < -0.3 is 4.74 Å². The van der Waals surface area contributed by atoms with Crippen LogP contribution in [0.2, 0.25) is 0 Å². The molecule has 0 saturated carbocycles. The van der Waals surface area contributed by atoms with Crippen molar-refractivity contribution in [3.63, 3.8) is 0 Å². The van der Waals surface area contributed by atoms with Crippen LogP contribution in [0.15, 0.2) is 0 Å². The fourth-order valence-electron chi connectivity index (χ4n) is 0.849. The van der Waals surface area contributed by atoms with Gasteiger partial charge in [0.2, 0.25) is 0 Å². The van der Waals surface area contributed by atoms with Gasteiger partial charge in [-0.15, -0.1) is 0 Å². The number of epoxide rings is 1. The Kier molecular flexibility index (Phi) is 1.02. The summed E-state index contributed by atoms with van der Waals surface area (Å²) in [5, 5.41) is 8.45. The summed E-state index contributed by atoms with van der Waals surface area (Å²) in [5.74, 6) is 0. The maximum Gasteiger partial charge on any atom is 0.180 e. The first-order chi connectivity index (χ1) is 3.75. The summed E-state index contributed by atoms with van der Waals surface area (Å²) < 4.78 is 5.04. The van der Waals surface area contributed by atoms with Crippen molar-refractivity contribution in [3.8, 4) is 6.07 Å². The van der Waals surface area contributed by atoms with Crippen molar-refractivity contribution in [3.05, 3.63) is 0 Å². The summed E-state index contributed by atoms with van der Waals surface area (Å²) in [6, 6.07) is 2.13. The smallest absolute Gasteiger partial charge is 0.180 e. The Morgan fingerprint density at radius 1 is 1.88 bits per heavy atom. The maximum atomic E-state index is 8.45. The molecule has 2 nitrogen and oxygen atoms in total. The lowest BCUT2D eigenvalue weighted by atomic mass is 10.1. The average molecular weight is 111 g/mol. The summed E-state index contributed by atoms with van der Waals surface area (Å²) in [7, 11) is 0. The van der Waals surface area contributed by atoms with E-state index in [-0.39, 0.29) is 6.10 Å². The molecule has 1 rings (SSSR count). The van der Waals surface area contributed by atoms with Crippen molar-refractivity contribution in [1.82, 2.24) is 0 Å². The van der Waals surface area contributed by atoms with E-state index < -0.39 is 5.60 Å². The second kappa shape index (κ2) is 1.46. The molecule has 1 saturated heterocycles. The minimum atomic E-state index is -0.403. The number of nitrogens with zero attached hydrogens (tertiary/aromatic N) is 1. The molecule has 0 spiro atoms. The SMILES string of the molecule is CC[C@@]1(C#N)O[C@H]1C. The highest BCUT2D eigenvalue weighted by Crippen LogP contribution is 2.37. The quantitative estimate of drug-likeness (QED) is 0.474. The van der Waals surface area contributed by atoms with Gasteiger partial charge in [-0.05, 0) is 13.3 Å². The number of nitriles is 1. The molecular weight excluding hydrogens is 102 g/mol. The molecule has 0 aromatic heterocycles. The van der Waals surface area contributed by atoms with Crippen molar-refractivity contribution >= 4 is 0 Å². The van der Waals surface area contributed by atoms with Crippen LogP contribution in [0.25, 0.3) is 0 Å². The van der Waals surface area contributed by atoms with E-state index in [4.69, 9.17) is 10.00 Å². The molecule has 0 aromatic carbocycles. The third-order valence-corrected chi connectivity index (χ3v) is 1.70. The van der Waals surface area contributed by atoms with Gasteiger partial charge in [0.15, 0.2) is 5.60 Å². The van der Waals surface area contributed by atoms with Crippen LogP contribution < -0.4 is 0 Å². The molecule has 0 radical (unpaired) electrons. The van der Waals surface area contributed by atoms with E-state index in [9.17, 15) is 0 Å². The first kappa shape index (κ1) is 5.58. The van der Waals surface area contributed by atoms with Gasteiger partial charge in [0.1, 0.15) is 6.07 Å². The summed E-state index contributed by atoms with van der Waals surface area (Å²) in [5.41, 5.74) is -0.403. The number of ether oxygens (including phenoxy) is 1. The highest BCUT2D eigenvalue weighted by Gasteiger charge is 2.52. The standard InChI is InChI=1S/C6H9NO/c1-3-6(4-7)5(2)8-6/h5H,3H2,1-2H3/t5-,6-/m0/s1. The second-order valence-corrected chi connectivity index (χ2v) is 2.11. The largest absolute Gasteiger partial charge is 0.350 e. The number of hydrogen-bond donors (Lipinski definition) is 0. The minimum Gasteiger partial charge on any atom is -0.350 e. The zero-order valence-electron chi connectivity index (χ0n) is 5.14. The molecule has 1 aliphatic rings. The van der Waals surface area contributed by atoms with Crippen molar-refractivity contribution in [2.45, 2.75) is 32.0 Å². The van der Waals surface area contributed by atoms with E-state index in [0.29, 0.717) is 0 Å². The van der Waals surface area contributed by atoms with E-state index >= 15 is 0 Å². The lowest BCUT2D eigenvalue weighted by Gasteiger charge is -1.91. The Labute approximate surface area is 49.1 Å². The van der Waals surface area contributed by atoms with Crippen LogP contribution in [-0.4, -0.2) is 11.7 Å². The summed E-state index contributed by atoms with van der Waals surface area (Å²) >= 11 is 0. The molecule has 0 aliphatic carbocycles. The number of hydrogen-bond acceptors (Lipinski definition) is 2. The molecule has 1 heterocycles. The molecule has 0 unspecified atom stereocenters. The topological polar surface area (TPSA) is 36.3 Å². The third kappa shape index (κ3) is 0.517. The molecule has 44 valence electrons. The Balaban J connectivity index is 2.56. The molecule has 0 amide bonds. The predicted molar refractivity (Wildman–Crippen MR) is 29.2 cm³/mol. The van der Waals surface area contributed by atoms with Gasteiger partial charge >= 0.3 is 0 Å². The fourth-order valence-corrected chi connectivity index (χ4v) is 0.849. The van der Waals surface area contributed by atoms with E-state index in [1.54, 1.807) is 0 Å². The highest BCUT2D eigenvalue weighted by molar-refractivity contribution is 5.15. The van der Waals surface area contributed by atoms with E-state index in [1.165, 1.54) is 0 Å². The Hall–Kier alpha value is -0.550. The molecule has 2 heteroatoms. The Bertz CT molecular complexity index is 134. The van der Waals surface area contributed by atoms with Crippen molar-refractivity contribution in [2.75, 3.05) is 0 Å². The molecule has 0 aromatic rings. The van der Waals surface area contributed by atoms with Gasteiger partial charge in [-0.1, -0.05) is 6.92 Å². The van der Waals surface area contributed by atoms with Crippen LogP contribution in [0.1, 0.15) is 20.3 Å². The first-order valence-electron chi connectivity index (χ1n) is 2.84. The van der Waals surface area contributed by atoms with Gasteiger partial charge in [-0.25, -0.2) is 0 Å². The van der Waals surface area contributed by atoms with Crippen molar-refractivity contribution in [1.29, 1.82) is 5.26 Å². The Morgan fingerprint density at radius 2 is 2.38 bits per heavy atom. The van der Waals surface area contributed by atoms with Gasteiger partial charge in [-0.2, -0.15) is 5.26 Å². The summed E-state index contributed by atoms with van der Waals surface area (Å²) in [6.07, 6.45) is 0.975. The number of rotatable bonds is 1. The molecule has 1 fully saturated rings. The molecular formula is C6H9NO. The molecule has 2 atom stereocenters. The highest BCUT2D eigenvalue weighted by atomic mass is 16.6. The monoisotopic (exact) mass is 111 g/mol. The zero-order chi connectivity index (χ0) is 6.20. The Morgan fingerprint density at radius 3 is 2.38 bits per heavy atom. The maximum absolute atomic E-state index is 8.45. The summed E-state index contributed by atoms with van der Waals surface area (Å²) in [4.78, 5) is 0. The van der Waals surface area contributed by atoms with Gasteiger partial charge in [0, 0.05) is 0 Å².